The maximum Gasteiger partial charge on any atom is 0.141 e. The summed E-state index contributed by atoms with van der Waals surface area (Å²) < 4.78 is 25.1. The first-order chi connectivity index (χ1) is 6.07. The van der Waals surface area contributed by atoms with Crippen LogP contribution in [-0.2, 0) is 0 Å². The Morgan fingerprint density at radius 3 is 2.69 bits per heavy atom. The van der Waals surface area contributed by atoms with Crippen LogP contribution < -0.4 is 5.73 Å². The lowest BCUT2D eigenvalue weighted by molar-refractivity contribution is 0.401. The van der Waals surface area contributed by atoms with Crippen molar-refractivity contribution in [2.45, 2.75) is 6.04 Å². The SMILES string of the molecule is N[C@H](CF)c1c(F)ccc(Cl)c1O. The molecular formula is C8H8ClF2NO. The lowest BCUT2D eigenvalue weighted by Gasteiger charge is -2.11. The molecule has 0 saturated heterocycles. The molecule has 0 heterocycles. The molecule has 0 aromatic heterocycles. The summed E-state index contributed by atoms with van der Waals surface area (Å²) in [6.45, 7) is -0.954. The molecular weight excluding hydrogens is 200 g/mol. The van der Waals surface area contributed by atoms with Crippen LogP contribution in [0.2, 0.25) is 5.02 Å². The van der Waals surface area contributed by atoms with E-state index < -0.39 is 24.3 Å². The van der Waals surface area contributed by atoms with Crippen molar-refractivity contribution < 1.29 is 13.9 Å². The Hall–Kier alpha value is -0.870. The second kappa shape index (κ2) is 3.89. The molecule has 0 aliphatic carbocycles. The van der Waals surface area contributed by atoms with Gasteiger partial charge < -0.3 is 10.8 Å². The van der Waals surface area contributed by atoms with E-state index in [1.54, 1.807) is 0 Å². The van der Waals surface area contributed by atoms with Gasteiger partial charge >= 0.3 is 0 Å². The first-order valence-electron chi connectivity index (χ1n) is 3.56. The van der Waals surface area contributed by atoms with Crippen molar-refractivity contribution in [2.75, 3.05) is 6.67 Å². The van der Waals surface area contributed by atoms with Crippen LogP contribution in [0.3, 0.4) is 0 Å². The van der Waals surface area contributed by atoms with Gasteiger partial charge in [-0.3, -0.25) is 0 Å². The number of phenolic OH excluding ortho intramolecular Hbond substituents is 1. The summed E-state index contributed by atoms with van der Waals surface area (Å²) in [5.41, 5.74) is 4.95. The quantitative estimate of drug-likeness (QED) is 0.781. The van der Waals surface area contributed by atoms with Crippen molar-refractivity contribution in [2.24, 2.45) is 5.73 Å². The van der Waals surface area contributed by atoms with Crippen molar-refractivity contribution in [3.8, 4) is 5.75 Å². The second-order valence-corrected chi connectivity index (χ2v) is 2.96. The van der Waals surface area contributed by atoms with E-state index in [1.807, 2.05) is 0 Å². The van der Waals surface area contributed by atoms with Gasteiger partial charge in [0.25, 0.3) is 0 Å². The summed E-state index contributed by atoms with van der Waals surface area (Å²) in [7, 11) is 0. The zero-order valence-corrected chi connectivity index (χ0v) is 7.35. The van der Waals surface area contributed by atoms with Crippen molar-refractivity contribution in [1.29, 1.82) is 0 Å². The number of nitrogens with two attached hydrogens (primary N) is 1. The van der Waals surface area contributed by atoms with E-state index in [9.17, 15) is 13.9 Å². The van der Waals surface area contributed by atoms with Gasteiger partial charge in [0.05, 0.1) is 16.6 Å². The van der Waals surface area contributed by atoms with Crippen molar-refractivity contribution in [3.05, 3.63) is 28.5 Å². The molecule has 3 N–H and O–H groups in total. The number of halogens is 3. The lowest BCUT2D eigenvalue weighted by atomic mass is 10.1. The third-order valence-electron chi connectivity index (χ3n) is 1.65. The third kappa shape index (κ3) is 1.89. The minimum Gasteiger partial charge on any atom is -0.506 e. The molecule has 13 heavy (non-hydrogen) atoms. The standard InChI is InChI=1S/C8H8ClF2NO/c9-4-1-2-5(11)7(8(4)13)6(12)3-10/h1-2,6,13H,3,12H2/t6-/m1/s1. The number of benzene rings is 1. The van der Waals surface area contributed by atoms with Crippen LogP contribution in [0, 0.1) is 5.82 Å². The van der Waals surface area contributed by atoms with Gasteiger partial charge in [-0.1, -0.05) is 11.6 Å². The predicted molar refractivity (Wildman–Crippen MR) is 46.0 cm³/mol. The Morgan fingerprint density at radius 1 is 1.54 bits per heavy atom. The molecule has 0 amide bonds. The van der Waals surface area contributed by atoms with Crippen LogP contribution in [-0.4, -0.2) is 11.8 Å². The number of hydrogen-bond donors (Lipinski definition) is 2. The van der Waals surface area contributed by atoms with Crippen LogP contribution in [0.15, 0.2) is 12.1 Å². The summed E-state index contributed by atoms with van der Waals surface area (Å²) >= 11 is 5.49. The van der Waals surface area contributed by atoms with E-state index in [0.29, 0.717) is 0 Å². The molecule has 0 bridgehead atoms. The van der Waals surface area contributed by atoms with Crippen LogP contribution in [0.5, 0.6) is 5.75 Å². The molecule has 0 fully saturated rings. The topological polar surface area (TPSA) is 46.2 Å². The van der Waals surface area contributed by atoms with Gasteiger partial charge in [0, 0.05) is 0 Å². The highest BCUT2D eigenvalue weighted by atomic mass is 35.5. The monoisotopic (exact) mass is 207 g/mol. The van der Waals surface area contributed by atoms with Crippen molar-refractivity contribution >= 4 is 11.6 Å². The molecule has 5 heteroatoms. The summed E-state index contributed by atoms with van der Waals surface area (Å²) in [5.74, 6) is -1.25. The molecule has 72 valence electrons. The first-order valence-corrected chi connectivity index (χ1v) is 3.94. The maximum absolute atomic E-state index is 13.0. The minimum absolute atomic E-state index is 0.0414. The molecule has 2 nitrogen and oxygen atoms in total. The highest BCUT2D eigenvalue weighted by Crippen LogP contribution is 2.32. The molecule has 1 rings (SSSR count). The van der Waals surface area contributed by atoms with Crippen molar-refractivity contribution in [1.82, 2.24) is 0 Å². The van der Waals surface area contributed by atoms with Crippen molar-refractivity contribution in [3.63, 3.8) is 0 Å². The zero-order valence-electron chi connectivity index (χ0n) is 6.60. The highest BCUT2D eigenvalue weighted by molar-refractivity contribution is 6.32. The molecule has 0 aliphatic rings. The smallest absolute Gasteiger partial charge is 0.141 e. The Kier molecular flexibility index (Phi) is 3.06. The van der Waals surface area contributed by atoms with Gasteiger partial charge in [0.15, 0.2) is 0 Å². The second-order valence-electron chi connectivity index (χ2n) is 2.55. The van der Waals surface area contributed by atoms with E-state index in [1.165, 1.54) is 6.07 Å². The number of phenols is 1. The van der Waals surface area contributed by atoms with Crippen LogP contribution in [0.4, 0.5) is 8.78 Å². The van der Waals surface area contributed by atoms with Gasteiger partial charge in [0.1, 0.15) is 18.2 Å². The van der Waals surface area contributed by atoms with Gasteiger partial charge in [-0.15, -0.1) is 0 Å². The lowest BCUT2D eigenvalue weighted by Crippen LogP contribution is -2.14. The average molecular weight is 208 g/mol. The fourth-order valence-electron chi connectivity index (χ4n) is 0.987. The molecule has 0 aliphatic heterocycles. The van der Waals surface area contributed by atoms with Crippen LogP contribution >= 0.6 is 11.6 Å². The fourth-order valence-corrected chi connectivity index (χ4v) is 1.15. The van der Waals surface area contributed by atoms with E-state index in [0.717, 1.165) is 6.07 Å². The molecule has 1 aromatic rings. The van der Waals surface area contributed by atoms with E-state index in [2.05, 4.69) is 0 Å². The first kappa shape index (κ1) is 10.2. The predicted octanol–water partition coefficient (Wildman–Crippen LogP) is 2.15. The Morgan fingerprint density at radius 2 is 2.15 bits per heavy atom. The zero-order chi connectivity index (χ0) is 10.0. The molecule has 1 atom stereocenters. The molecule has 0 radical (unpaired) electrons. The average Bonchev–Trinajstić information content (AvgIpc) is 2.12. The Labute approximate surface area is 78.9 Å². The van der Waals surface area contributed by atoms with E-state index >= 15 is 0 Å². The number of aromatic hydroxyl groups is 1. The Balaban J connectivity index is 3.25. The molecule has 0 unspecified atom stereocenters. The number of alkyl halides is 1. The summed E-state index contributed by atoms with van der Waals surface area (Å²) in [6.07, 6.45) is 0. The third-order valence-corrected chi connectivity index (χ3v) is 1.96. The highest BCUT2D eigenvalue weighted by Gasteiger charge is 2.18. The molecule has 0 spiro atoms. The minimum atomic E-state index is -1.18. The van der Waals surface area contributed by atoms with Gasteiger partial charge in [-0.25, -0.2) is 8.78 Å². The van der Waals surface area contributed by atoms with E-state index in [-0.39, 0.29) is 10.6 Å². The van der Waals surface area contributed by atoms with Gasteiger partial charge in [-0.2, -0.15) is 0 Å². The molecule has 0 saturated carbocycles. The maximum atomic E-state index is 13.0. The Bertz CT molecular complexity index is 319. The van der Waals surface area contributed by atoms with Gasteiger partial charge in [0.2, 0.25) is 0 Å². The van der Waals surface area contributed by atoms with Crippen LogP contribution in [0.25, 0.3) is 0 Å². The number of hydrogen-bond acceptors (Lipinski definition) is 2. The van der Waals surface area contributed by atoms with E-state index in [4.69, 9.17) is 17.3 Å². The van der Waals surface area contributed by atoms with Gasteiger partial charge in [-0.05, 0) is 12.1 Å². The summed E-state index contributed by atoms with van der Waals surface area (Å²) in [5, 5.41) is 9.22. The normalized spacial score (nSPS) is 12.9. The fraction of sp³-hybridized carbons (Fsp3) is 0.250. The largest absolute Gasteiger partial charge is 0.506 e. The number of rotatable bonds is 2. The summed E-state index contributed by atoms with van der Waals surface area (Å²) in [4.78, 5) is 0. The summed E-state index contributed by atoms with van der Waals surface area (Å²) in [6, 6.07) is 1.03. The molecule has 1 aromatic carbocycles. The van der Waals surface area contributed by atoms with Crippen LogP contribution in [0.1, 0.15) is 11.6 Å².